The van der Waals surface area contributed by atoms with Gasteiger partial charge >= 0.3 is 0 Å². The summed E-state index contributed by atoms with van der Waals surface area (Å²) in [5, 5.41) is 24.0. The van der Waals surface area contributed by atoms with Gasteiger partial charge in [-0.3, -0.25) is 9.59 Å². The highest BCUT2D eigenvalue weighted by atomic mass is 35.5. The monoisotopic (exact) mass is 599 g/mol. The molecule has 9 atom stereocenters. The van der Waals surface area contributed by atoms with Crippen LogP contribution in [0.25, 0.3) is 0 Å². The highest BCUT2D eigenvalue weighted by Crippen LogP contribution is 2.70. The van der Waals surface area contributed by atoms with E-state index in [0.29, 0.717) is 11.4 Å². The van der Waals surface area contributed by atoms with E-state index >= 15 is 8.78 Å². The summed E-state index contributed by atoms with van der Waals surface area (Å²) in [6.07, 6.45) is 1.03. The Bertz CT molecular complexity index is 1210. The van der Waals surface area contributed by atoms with Crippen molar-refractivity contribution in [1.29, 1.82) is 0 Å². The number of fused-ring (bicyclic) bond motifs is 5. The summed E-state index contributed by atoms with van der Waals surface area (Å²) >= 11 is 12.9. The van der Waals surface area contributed by atoms with Gasteiger partial charge in [-0.05, 0) is 78.9 Å². The molecule has 5 nitrogen and oxygen atoms in total. The maximum absolute atomic E-state index is 17.4. The topological polar surface area (TPSA) is 77.8 Å². The molecule has 3 saturated carbocycles. The number of aliphatic hydroxyl groups excluding tert-OH is 1. The van der Waals surface area contributed by atoms with Crippen LogP contribution in [0, 0.1) is 34.5 Å². The van der Waals surface area contributed by atoms with Gasteiger partial charge in [0.15, 0.2) is 16.6 Å². The van der Waals surface area contributed by atoms with E-state index in [1.807, 2.05) is 6.92 Å². The Morgan fingerprint density at radius 1 is 1.21 bits per heavy atom. The zero-order valence-corrected chi connectivity index (χ0v) is 24.2. The van der Waals surface area contributed by atoms with Gasteiger partial charge in [-0.2, -0.15) is 5.06 Å². The number of aliphatic hydroxyl groups is 1. The number of benzene rings is 1. The summed E-state index contributed by atoms with van der Waals surface area (Å²) in [5.41, 5.74) is -3.62. The molecule has 0 aromatic heterocycles. The zero-order valence-electron chi connectivity index (χ0n) is 21.8. The van der Waals surface area contributed by atoms with E-state index in [4.69, 9.17) is 23.2 Å². The molecule has 4 aliphatic rings. The fourth-order valence-electron chi connectivity index (χ4n) is 8.31. The summed E-state index contributed by atoms with van der Waals surface area (Å²) < 4.78 is 33.1. The fraction of sp³-hybridized carbons (Fsp3) is 0.586. The van der Waals surface area contributed by atoms with Crippen molar-refractivity contribution in [3.05, 3.63) is 58.7 Å². The summed E-state index contributed by atoms with van der Waals surface area (Å²) in [4.78, 5) is 25.5. The Kier molecular flexibility index (Phi) is 7.88. The molecule has 1 aromatic rings. The van der Waals surface area contributed by atoms with E-state index in [1.165, 1.54) is 18.2 Å². The molecule has 0 bridgehead atoms. The van der Waals surface area contributed by atoms with Gasteiger partial charge in [0.2, 0.25) is 0 Å². The van der Waals surface area contributed by atoms with E-state index in [1.54, 1.807) is 31.2 Å². The fourth-order valence-corrected chi connectivity index (χ4v) is 9.50. The van der Waals surface area contributed by atoms with Crippen LogP contribution in [0.2, 0.25) is 5.02 Å². The van der Waals surface area contributed by atoms with Crippen LogP contribution in [-0.2, 0) is 16.1 Å². The number of hydroxylamine groups is 2. The Balaban J connectivity index is 1.49. The third kappa shape index (κ3) is 4.63. The van der Waals surface area contributed by atoms with E-state index in [-0.39, 0.29) is 47.7 Å². The molecule has 0 spiro atoms. The second-order valence-electron chi connectivity index (χ2n) is 12.0. The number of thioether (sulfide) groups is 1. The predicted octanol–water partition coefficient (Wildman–Crippen LogP) is 6.15. The minimum Gasteiger partial charge on any atom is -0.390 e. The molecule has 212 valence electrons. The molecule has 0 radical (unpaired) electrons. The van der Waals surface area contributed by atoms with E-state index in [0.717, 1.165) is 22.4 Å². The highest BCUT2D eigenvalue weighted by molar-refractivity contribution is 8.14. The third-order valence-electron chi connectivity index (χ3n) is 9.98. The molecule has 1 aromatic carbocycles. The van der Waals surface area contributed by atoms with Gasteiger partial charge in [-0.1, -0.05) is 48.5 Å². The smallest absolute Gasteiger partial charge is 0.194 e. The molecule has 39 heavy (non-hydrogen) atoms. The first kappa shape index (κ1) is 29.2. The SMILES string of the molecule is CC12C[C@H](O)[C@@]3(F)[C@@H](C[C@H](F)C4=CC(=O)C=C[C@@]43C)C1C[C@@H](CN(O)Cc1ccc(Cl)cc1)[C@@H]2C(=O)SCCl. The second-order valence-corrected chi connectivity index (χ2v) is 14.0. The average Bonchev–Trinajstić information content (AvgIpc) is 3.15. The van der Waals surface area contributed by atoms with Gasteiger partial charge in [0.1, 0.15) is 6.17 Å². The lowest BCUT2D eigenvalue weighted by Crippen LogP contribution is -2.68. The van der Waals surface area contributed by atoms with Crippen molar-refractivity contribution in [2.24, 2.45) is 34.5 Å². The number of allylic oxidation sites excluding steroid dienone is 4. The van der Waals surface area contributed by atoms with Gasteiger partial charge < -0.3 is 10.3 Å². The van der Waals surface area contributed by atoms with Crippen LogP contribution in [0.15, 0.2) is 48.1 Å². The quantitative estimate of drug-likeness (QED) is 0.302. The van der Waals surface area contributed by atoms with Crippen molar-refractivity contribution in [3.63, 3.8) is 0 Å². The van der Waals surface area contributed by atoms with Crippen LogP contribution in [0.1, 0.15) is 38.7 Å². The second kappa shape index (κ2) is 10.5. The molecular formula is C29H33Cl2F2NO4S. The third-order valence-corrected chi connectivity index (χ3v) is 11.2. The summed E-state index contributed by atoms with van der Waals surface area (Å²) in [6, 6.07) is 7.07. The van der Waals surface area contributed by atoms with Crippen molar-refractivity contribution < 1.29 is 28.7 Å². The lowest BCUT2D eigenvalue weighted by Gasteiger charge is -2.62. The van der Waals surface area contributed by atoms with Crippen LogP contribution in [-0.4, -0.2) is 56.0 Å². The van der Waals surface area contributed by atoms with Crippen molar-refractivity contribution in [2.75, 3.05) is 11.8 Å². The van der Waals surface area contributed by atoms with Crippen LogP contribution < -0.4 is 0 Å². The molecule has 10 heteroatoms. The van der Waals surface area contributed by atoms with E-state index < -0.39 is 52.3 Å². The molecule has 5 rings (SSSR count). The summed E-state index contributed by atoms with van der Waals surface area (Å²) in [5.74, 6) is -2.67. The van der Waals surface area contributed by atoms with Gasteiger partial charge in [0.05, 0.1) is 11.3 Å². The molecular weight excluding hydrogens is 567 g/mol. The first-order valence-electron chi connectivity index (χ1n) is 13.2. The first-order chi connectivity index (χ1) is 18.3. The van der Waals surface area contributed by atoms with Crippen LogP contribution in [0.5, 0.6) is 0 Å². The number of hydrogen-bond acceptors (Lipinski definition) is 6. The number of rotatable bonds is 6. The number of carbonyl (C=O) groups excluding carboxylic acids is 2. The number of hydrogen-bond donors (Lipinski definition) is 2. The first-order valence-corrected chi connectivity index (χ1v) is 15.1. The maximum atomic E-state index is 17.4. The lowest BCUT2D eigenvalue weighted by molar-refractivity contribution is -0.201. The molecule has 2 N–H and O–H groups in total. The van der Waals surface area contributed by atoms with Gasteiger partial charge in [-0.15, -0.1) is 11.6 Å². The predicted molar refractivity (Wildman–Crippen MR) is 148 cm³/mol. The number of nitrogens with zero attached hydrogens (tertiary/aromatic N) is 1. The normalized spacial score (nSPS) is 41.2. The van der Waals surface area contributed by atoms with Crippen molar-refractivity contribution in [3.8, 4) is 0 Å². The van der Waals surface area contributed by atoms with Gasteiger partial charge in [-0.25, -0.2) is 8.78 Å². The summed E-state index contributed by atoms with van der Waals surface area (Å²) in [7, 11) is 0. The molecule has 2 unspecified atom stereocenters. The molecule has 0 heterocycles. The van der Waals surface area contributed by atoms with E-state index in [9.17, 15) is 19.9 Å². The lowest BCUT2D eigenvalue weighted by atomic mass is 9.45. The van der Waals surface area contributed by atoms with Gasteiger partial charge in [0.25, 0.3) is 0 Å². The minimum absolute atomic E-state index is 0.00460. The van der Waals surface area contributed by atoms with Crippen molar-refractivity contribution in [1.82, 2.24) is 5.06 Å². The average molecular weight is 601 g/mol. The highest BCUT2D eigenvalue weighted by Gasteiger charge is 2.73. The minimum atomic E-state index is -2.22. The zero-order chi connectivity index (χ0) is 28.3. The van der Waals surface area contributed by atoms with Crippen molar-refractivity contribution in [2.45, 2.75) is 57.6 Å². The largest absolute Gasteiger partial charge is 0.390 e. The molecule has 4 aliphatic carbocycles. The van der Waals surface area contributed by atoms with Crippen LogP contribution >= 0.6 is 35.0 Å². The van der Waals surface area contributed by atoms with Gasteiger partial charge in [0, 0.05) is 35.4 Å². The molecule has 0 amide bonds. The number of halogens is 4. The van der Waals surface area contributed by atoms with Crippen LogP contribution in [0.4, 0.5) is 8.78 Å². The Morgan fingerprint density at radius 2 is 1.90 bits per heavy atom. The number of ketones is 1. The Hall–Kier alpha value is -1.29. The molecule has 0 saturated heterocycles. The Morgan fingerprint density at radius 3 is 2.56 bits per heavy atom. The standard InChI is InChI=1S/C29H33Cl2F2NO4S/c1-27-12-24(36)29(33)21(11-23(32)22-10-19(35)7-8-28(22,29)2)20(27)9-17(25(27)26(37)39-15-30)14-34(38)13-16-3-5-18(31)6-4-16/h3-8,10,17,20-21,23-25,36,38H,9,11-15H2,1-2H3/t17-,20?,21-,23-,24-,25+,27?,28-,29-/m0/s1. The van der Waals surface area contributed by atoms with Crippen molar-refractivity contribution >= 4 is 45.9 Å². The summed E-state index contributed by atoms with van der Waals surface area (Å²) in [6.45, 7) is 3.80. The van der Waals surface area contributed by atoms with E-state index in [2.05, 4.69) is 0 Å². The molecule has 0 aliphatic heterocycles. The molecule has 3 fully saturated rings. The maximum Gasteiger partial charge on any atom is 0.194 e. The number of alkyl halides is 3. The number of carbonyl (C=O) groups is 2. The van der Waals surface area contributed by atoms with Crippen LogP contribution in [0.3, 0.4) is 0 Å². The Labute approximate surface area is 241 Å².